The Kier molecular flexibility index (Phi) is 6.79. The lowest BCUT2D eigenvalue weighted by atomic mass is 10.3. The highest BCUT2D eigenvalue weighted by molar-refractivity contribution is 7.89. The predicted octanol–water partition coefficient (Wildman–Crippen LogP) is 4.98. The van der Waals surface area contributed by atoms with Crippen LogP contribution in [0.5, 0.6) is 5.75 Å². The molecular formula is C24H24ClN3O3S. The van der Waals surface area contributed by atoms with E-state index in [0.29, 0.717) is 36.2 Å². The van der Waals surface area contributed by atoms with E-state index < -0.39 is 10.0 Å². The van der Waals surface area contributed by atoms with E-state index in [9.17, 15) is 8.42 Å². The zero-order valence-electron chi connectivity index (χ0n) is 17.7. The smallest absolute Gasteiger partial charge is 0.243 e. The number of aromatic nitrogens is 2. The lowest BCUT2D eigenvalue weighted by molar-refractivity contribution is 0.301. The molecule has 6 nitrogen and oxygen atoms in total. The number of aryl methyl sites for hydroxylation is 1. The van der Waals surface area contributed by atoms with E-state index in [1.165, 1.54) is 4.31 Å². The average Bonchev–Trinajstić information content (AvgIpc) is 3.15. The summed E-state index contributed by atoms with van der Waals surface area (Å²) in [4.78, 5) is 4.97. The highest BCUT2D eigenvalue weighted by atomic mass is 35.5. The number of halogens is 1. The summed E-state index contributed by atoms with van der Waals surface area (Å²) >= 11 is 6.15. The number of ether oxygens (including phenoxy) is 1. The van der Waals surface area contributed by atoms with Crippen LogP contribution in [0.25, 0.3) is 11.0 Å². The zero-order chi connectivity index (χ0) is 22.6. The molecule has 4 rings (SSSR count). The second-order valence-electron chi connectivity index (χ2n) is 7.37. The second-order valence-corrected chi connectivity index (χ2v) is 9.83. The maximum absolute atomic E-state index is 13.0. The van der Waals surface area contributed by atoms with Crippen LogP contribution in [-0.4, -0.2) is 35.9 Å². The minimum Gasteiger partial charge on any atom is -0.492 e. The van der Waals surface area contributed by atoms with Crippen molar-refractivity contribution in [2.45, 2.75) is 24.4 Å². The molecule has 8 heteroatoms. The van der Waals surface area contributed by atoms with Gasteiger partial charge in [0, 0.05) is 13.6 Å². The van der Waals surface area contributed by atoms with E-state index >= 15 is 0 Å². The van der Waals surface area contributed by atoms with Crippen molar-refractivity contribution in [2.75, 3.05) is 13.7 Å². The quantitative estimate of drug-likeness (QED) is 0.324. The Bertz CT molecular complexity index is 1310. The fourth-order valence-corrected chi connectivity index (χ4v) is 4.86. The first-order valence-corrected chi connectivity index (χ1v) is 12.1. The Labute approximate surface area is 193 Å². The van der Waals surface area contributed by atoms with Gasteiger partial charge in [0.05, 0.1) is 34.1 Å². The van der Waals surface area contributed by atoms with Crippen LogP contribution in [0.3, 0.4) is 0 Å². The first-order chi connectivity index (χ1) is 15.5. The van der Waals surface area contributed by atoms with Gasteiger partial charge in [0.25, 0.3) is 0 Å². The van der Waals surface area contributed by atoms with E-state index in [1.807, 2.05) is 42.5 Å². The fraction of sp³-hybridized carbons (Fsp3) is 0.208. The zero-order valence-corrected chi connectivity index (χ0v) is 19.3. The number of imidazole rings is 1. The third-order valence-corrected chi connectivity index (χ3v) is 7.30. The maximum atomic E-state index is 13.0. The number of nitrogens with zero attached hydrogens (tertiary/aromatic N) is 3. The normalized spacial score (nSPS) is 11.8. The maximum Gasteiger partial charge on any atom is 0.243 e. The molecule has 3 aromatic carbocycles. The van der Waals surface area contributed by atoms with Crippen molar-refractivity contribution in [3.63, 3.8) is 0 Å². The summed E-state index contributed by atoms with van der Waals surface area (Å²) in [7, 11) is -2.04. The molecular weight excluding hydrogens is 446 g/mol. The molecule has 0 N–H and O–H groups in total. The Hall–Kier alpha value is -2.87. The van der Waals surface area contributed by atoms with Gasteiger partial charge in [0.2, 0.25) is 10.0 Å². The van der Waals surface area contributed by atoms with E-state index in [2.05, 4.69) is 4.57 Å². The van der Waals surface area contributed by atoms with E-state index in [1.54, 1.807) is 43.4 Å². The Morgan fingerprint density at radius 1 is 0.969 bits per heavy atom. The topological polar surface area (TPSA) is 64.4 Å². The molecule has 1 heterocycles. The van der Waals surface area contributed by atoms with Crippen LogP contribution in [0.1, 0.15) is 12.2 Å². The molecule has 0 radical (unpaired) electrons. The molecule has 0 bridgehead atoms. The highest BCUT2D eigenvalue weighted by Crippen LogP contribution is 2.24. The van der Waals surface area contributed by atoms with Gasteiger partial charge >= 0.3 is 0 Å². The summed E-state index contributed by atoms with van der Waals surface area (Å²) in [5.74, 6) is 1.34. The van der Waals surface area contributed by atoms with Crippen LogP contribution in [0, 0.1) is 0 Å². The van der Waals surface area contributed by atoms with E-state index in [4.69, 9.17) is 21.3 Å². The molecule has 4 aromatic rings. The monoisotopic (exact) mass is 469 g/mol. The minimum atomic E-state index is -3.62. The van der Waals surface area contributed by atoms with Crippen molar-refractivity contribution >= 4 is 32.7 Å². The van der Waals surface area contributed by atoms with Crippen molar-refractivity contribution in [1.82, 2.24) is 13.9 Å². The fourth-order valence-electron chi connectivity index (χ4n) is 3.52. The number of fused-ring (bicyclic) bond motifs is 1. The predicted molar refractivity (Wildman–Crippen MR) is 126 cm³/mol. The lowest BCUT2D eigenvalue weighted by Crippen LogP contribution is -2.28. The van der Waals surface area contributed by atoms with Gasteiger partial charge in [-0.05, 0) is 42.8 Å². The number of benzene rings is 3. The summed E-state index contributed by atoms with van der Waals surface area (Å²) in [6, 6.07) is 23.6. The van der Waals surface area contributed by atoms with Gasteiger partial charge in [-0.1, -0.05) is 54.1 Å². The molecule has 0 amide bonds. The van der Waals surface area contributed by atoms with Gasteiger partial charge in [-0.25, -0.2) is 13.4 Å². The van der Waals surface area contributed by atoms with Crippen LogP contribution in [-0.2, 0) is 23.1 Å². The van der Waals surface area contributed by atoms with Crippen molar-refractivity contribution < 1.29 is 13.2 Å². The van der Waals surface area contributed by atoms with Gasteiger partial charge in [-0.3, -0.25) is 0 Å². The van der Waals surface area contributed by atoms with Crippen LogP contribution < -0.4 is 4.74 Å². The standard InChI is InChI=1S/C24H24ClN3O3S/c1-27(32(29,30)19-10-3-2-4-11-19)18-24-26-21-13-6-7-14-22(21)28(24)16-9-17-31-23-15-8-5-12-20(23)25/h2-8,10-15H,9,16-18H2,1H3. The third kappa shape index (κ3) is 4.80. The molecule has 32 heavy (non-hydrogen) atoms. The van der Waals surface area contributed by atoms with E-state index in [-0.39, 0.29) is 11.4 Å². The molecule has 0 saturated carbocycles. The SMILES string of the molecule is CN(Cc1nc2ccccc2n1CCCOc1ccccc1Cl)S(=O)(=O)c1ccccc1. The van der Waals surface area contributed by atoms with Gasteiger partial charge in [0.1, 0.15) is 11.6 Å². The minimum absolute atomic E-state index is 0.164. The summed E-state index contributed by atoms with van der Waals surface area (Å²) in [5.41, 5.74) is 1.80. The molecule has 0 spiro atoms. The molecule has 166 valence electrons. The molecule has 0 atom stereocenters. The summed E-state index contributed by atoms with van der Waals surface area (Å²) < 4.78 is 35.1. The number of sulfonamides is 1. The van der Waals surface area contributed by atoms with Crippen LogP contribution in [0.4, 0.5) is 0 Å². The molecule has 0 aliphatic carbocycles. The van der Waals surface area contributed by atoms with Crippen LogP contribution >= 0.6 is 11.6 Å². The Morgan fingerprint density at radius 3 is 2.44 bits per heavy atom. The number of para-hydroxylation sites is 3. The van der Waals surface area contributed by atoms with Gasteiger partial charge < -0.3 is 9.30 Å². The van der Waals surface area contributed by atoms with Crippen molar-refractivity contribution in [3.05, 3.63) is 89.7 Å². The number of rotatable bonds is 9. The van der Waals surface area contributed by atoms with E-state index in [0.717, 1.165) is 11.0 Å². The number of hydrogen-bond acceptors (Lipinski definition) is 4. The van der Waals surface area contributed by atoms with Crippen molar-refractivity contribution in [1.29, 1.82) is 0 Å². The molecule has 0 saturated heterocycles. The Balaban J connectivity index is 1.52. The lowest BCUT2D eigenvalue weighted by Gasteiger charge is -2.18. The van der Waals surface area contributed by atoms with Gasteiger partial charge in [-0.2, -0.15) is 4.31 Å². The van der Waals surface area contributed by atoms with Crippen molar-refractivity contribution in [3.8, 4) is 5.75 Å². The summed E-state index contributed by atoms with van der Waals surface area (Å²) in [6.45, 7) is 1.28. The first-order valence-electron chi connectivity index (χ1n) is 10.3. The van der Waals surface area contributed by atoms with Crippen molar-refractivity contribution in [2.24, 2.45) is 0 Å². The summed E-state index contributed by atoms with van der Waals surface area (Å²) in [5, 5.41) is 0.578. The van der Waals surface area contributed by atoms with Crippen LogP contribution in [0.2, 0.25) is 5.02 Å². The first kappa shape index (κ1) is 22.3. The largest absolute Gasteiger partial charge is 0.492 e. The molecule has 1 aromatic heterocycles. The third-order valence-electron chi connectivity index (χ3n) is 5.17. The molecule has 0 aliphatic rings. The molecule has 0 aliphatic heterocycles. The summed E-state index contributed by atoms with van der Waals surface area (Å²) in [6.07, 6.45) is 0.716. The van der Waals surface area contributed by atoms with Crippen LogP contribution in [0.15, 0.2) is 83.8 Å². The van der Waals surface area contributed by atoms with Gasteiger partial charge in [-0.15, -0.1) is 0 Å². The van der Waals surface area contributed by atoms with Gasteiger partial charge in [0.15, 0.2) is 0 Å². The molecule has 0 unspecified atom stereocenters. The average molecular weight is 470 g/mol. The highest BCUT2D eigenvalue weighted by Gasteiger charge is 2.23. The Morgan fingerprint density at radius 2 is 1.66 bits per heavy atom. The second kappa shape index (κ2) is 9.73. The molecule has 0 fully saturated rings. The number of hydrogen-bond donors (Lipinski definition) is 0.